The Balaban J connectivity index is 1.31. The van der Waals surface area contributed by atoms with Crippen molar-refractivity contribution in [2.24, 2.45) is 7.05 Å². The van der Waals surface area contributed by atoms with Crippen molar-refractivity contribution in [2.45, 2.75) is 38.9 Å². The van der Waals surface area contributed by atoms with Crippen molar-refractivity contribution in [2.75, 3.05) is 18.9 Å². The second-order valence-electron chi connectivity index (χ2n) is 10.8. The molecular formula is C29H29N9O3. The van der Waals surface area contributed by atoms with E-state index in [2.05, 4.69) is 37.0 Å². The molecule has 12 nitrogen and oxygen atoms in total. The van der Waals surface area contributed by atoms with E-state index < -0.39 is 0 Å². The number of hydrogen-bond acceptors (Lipinski definition) is 8. The zero-order valence-electron chi connectivity index (χ0n) is 22.9. The Labute approximate surface area is 234 Å². The normalized spacial score (nSPS) is 15.1. The van der Waals surface area contributed by atoms with Gasteiger partial charge in [-0.2, -0.15) is 14.9 Å². The molecule has 208 valence electrons. The number of likely N-dealkylation sites (N-methyl/N-ethyl adjacent to an activating group) is 1. The van der Waals surface area contributed by atoms with E-state index in [1.54, 1.807) is 37.8 Å². The Kier molecular flexibility index (Phi) is 5.93. The molecule has 2 aliphatic rings. The average Bonchev–Trinajstić information content (AvgIpc) is 3.56. The van der Waals surface area contributed by atoms with Gasteiger partial charge in [0, 0.05) is 68.0 Å². The first kappa shape index (κ1) is 25.1. The highest BCUT2D eigenvalue weighted by Gasteiger charge is 2.21. The van der Waals surface area contributed by atoms with Gasteiger partial charge in [-0.15, -0.1) is 0 Å². The number of pyridine rings is 2. The van der Waals surface area contributed by atoms with Gasteiger partial charge in [-0.25, -0.2) is 4.98 Å². The molecule has 0 aromatic carbocycles. The van der Waals surface area contributed by atoms with E-state index >= 15 is 0 Å². The monoisotopic (exact) mass is 551 g/mol. The molecule has 0 atom stereocenters. The molecule has 12 heteroatoms. The second kappa shape index (κ2) is 9.66. The van der Waals surface area contributed by atoms with Crippen molar-refractivity contribution in [1.82, 2.24) is 38.6 Å². The smallest absolute Gasteiger partial charge is 0.282 e. The van der Waals surface area contributed by atoms with E-state index in [-0.39, 0.29) is 22.5 Å². The first-order valence-corrected chi connectivity index (χ1v) is 13.7. The van der Waals surface area contributed by atoms with Crippen LogP contribution in [0, 0.1) is 0 Å². The summed E-state index contributed by atoms with van der Waals surface area (Å²) in [7, 11) is 3.71. The SMILES string of the molecule is CN1CCn2nc(Nc3cc(-c4ccnc(-n5ncc6c7n(cc6c5=O)CCCC7)c4C=O)cn(C)c3=O)cc2C1. The van der Waals surface area contributed by atoms with Crippen molar-refractivity contribution >= 4 is 28.6 Å². The number of rotatable bonds is 5. The van der Waals surface area contributed by atoms with Gasteiger partial charge in [0.2, 0.25) is 0 Å². The van der Waals surface area contributed by atoms with Gasteiger partial charge in [0.05, 0.1) is 29.4 Å². The lowest BCUT2D eigenvalue weighted by Crippen LogP contribution is -2.30. The number of hydrogen-bond donors (Lipinski definition) is 1. The van der Waals surface area contributed by atoms with Crippen LogP contribution in [0.3, 0.4) is 0 Å². The summed E-state index contributed by atoms with van der Waals surface area (Å²) in [5.41, 5.74) is 3.29. The first-order chi connectivity index (χ1) is 19.9. The molecule has 5 aromatic rings. The number of aldehydes is 1. The molecule has 41 heavy (non-hydrogen) atoms. The van der Waals surface area contributed by atoms with Crippen LogP contribution in [-0.4, -0.2) is 58.5 Å². The molecule has 2 aliphatic heterocycles. The number of aromatic nitrogens is 7. The van der Waals surface area contributed by atoms with E-state index in [1.165, 1.54) is 9.25 Å². The summed E-state index contributed by atoms with van der Waals surface area (Å²) in [5, 5.41) is 13.6. The predicted octanol–water partition coefficient (Wildman–Crippen LogP) is 2.48. The Morgan fingerprint density at radius 3 is 2.73 bits per heavy atom. The van der Waals surface area contributed by atoms with Crippen LogP contribution in [0.4, 0.5) is 11.5 Å². The average molecular weight is 552 g/mol. The molecule has 0 radical (unpaired) electrons. The molecule has 1 N–H and O–H groups in total. The topological polar surface area (TPSA) is 125 Å². The van der Waals surface area contributed by atoms with Gasteiger partial charge in [-0.3, -0.25) is 24.0 Å². The van der Waals surface area contributed by atoms with Gasteiger partial charge in [-0.05, 0) is 44.0 Å². The van der Waals surface area contributed by atoms with Crippen LogP contribution >= 0.6 is 0 Å². The van der Waals surface area contributed by atoms with Gasteiger partial charge in [0.15, 0.2) is 17.9 Å². The summed E-state index contributed by atoms with van der Waals surface area (Å²) >= 11 is 0. The van der Waals surface area contributed by atoms with Crippen LogP contribution in [0.2, 0.25) is 0 Å². The number of nitrogens with zero attached hydrogens (tertiary/aromatic N) is 8. The summed E-state index contributed by atoms with van der Waals surface area (Å²) < 4.78 is 6.72. The Hall–Kier alpha value is -4.84. The van der Waals surface area contributed by atoms with E-state index in [0.717, 1.165) is 62.2 Å². The number of fused-ring (bicyclic) bond motifs is 4. The molecule has 0 fully saturated rings. The number of anilines is 2. The summed E-state index contributed by atoms with van der Waals surface area (Å²) in [6.07, 6.45) is 10.5. The Morgan fingerprint density at radius 1 is 1.00 bits per heavy atom. The minimum Gasteiger partial charge on any atom is -0.350 e. The van der Waals surface area contributed by atoms with Gasteiger partial charge < -0.3 is 14.5 Å². The van der Waals surface area contributed by atoms with Crippen molar-refractivity contribution in [3.63, 3.8) is 0 Å². The third-order valence-electron chi connectivity index (χ3n) is 8.05. The molecule has 0 spiro atoms. The van der Waals surface area contributed by atoms with Crippen molar-refractivity contribution < 1.29 is 4.79 Å². The fraction of sp³-hybridized carbons (Fsp3) is 0.310. The van der Waals surface area contributed by atoms with Crippen molar-refractivity contribution in [1.29, 1.82) is 0 Å². The molecule has 0 saturated carbocycles. The molecule has 0 unspecified atom stereocenters. The molecule has 5 aromatic heterocycles. The lowest BCUT2D eigenvalue weighted by atomic mass is 10.0. The Bertz CT molecular complexity index is 1960. The van der Waals surface area contributed by atoms with Crippen LogP contribution < -0.4 is 16.4 Å². The van der Waals surface area contributed by atoms with Gasteiger partial charge in [0.25, 0.3) is 11.1 Å². The van der Waals surface area contributed by atoms with Crippen LogP contribution in [0.1, 0.15) is 34.6 Å². The van der Waals surface area contributed by atoms with Gasteiger partial charge in [-0.1, -0.05) is 0 Å². The van der Waals surface area contributed by atoms with Crippen molar-refractivity contribution in [3.05, 3.63) is 80.6 Å². The van der Waals surface area contributed by atoms with Crippen LogP contribution in [0.25, 0.3) is 27.7 Å². The maximum atomic E-state index is 13.6. The zero-order valence-corrected chi connectivity index (χ0v) is 22.9. The van der Waals surface area contributed by atoms with E-state index in [9.17, 15) is 14.4 Å². The maximum absolute atomic E-state index is 13.6. The molecule has 0 saturated heterocycles. The molecule has 0 aliphatic carbocycles. The quantitative estimate of drug-likeness (QED) is 0.331. The highest BCUT2D eigenvalue weighted by atomic mass is 16.1. The summed E-state index contributed by atoms with van der Waals surface area (Å²) in [4.78, 5) is 45.8. The number of aryl methyl sites for hydroxylation is 3. The largest absolute Gasteiger partial charge is 0.350 e. The van der Waals surface area contributed by atoms with Crippen LogP contribution in [0.5, 0.6) is 0 Å². The third kappa shape index (κ3) is 4.18. The lowest BCUT2D eigenvalue weighted by Gasteiger charge is -2.22. The maximum Gasteiger partial charge on any atom is 0.282 e. The van der Waals surface area contributed by atoms with Gasteiger partial charge >= 0.3 is 0 Å². The Morgan fingerprint density at radius 2 is 1.88 bits per heavy atom. The summed E-state index contributed by atoms with van der Waals surface area (Å²) in [5.74, 6) is 0.720. The molecular weight excluding hydrogens is 522 g/mol. The fourth-order valence-electron chi connectivity index (χ4n) is 5.96. The molecule has 7 rings (SSSR count). The minimum atomic E-state index is -0.325. The standard InChI is InChI=1S/C29H29N9O3/c1-34-9-10-37-19(15-34)12-26(33-37)32-24-11-18(14-35(2)29(24)41)20-6-7-30-27(23(20)17-39)38-28(40)22-16-36-8-4-3-5-25(36)21(22)13-31-38/h6-7,11-14,16-17H,3-5,8-10,15H2,1-2H3,(H,32,33). The van der Waals surface area contributed by atoms with E-state index in [4.69, 9.17) is 0 Å². The second-order valence-corrected chi connectivity index (χ2v) is 10.8. The van der Waals surface area contributed by atoms with Crippen LogP contribution in [-0.2, 0) is 33.1 Å². The molecule has 7 heterocycles. The van der Waals surface area contributed by atoms with Crippen molar-refractivity contribution in [3.8, 4) is 16.9 Å². The summed E-state index contributed by atoms with van der Waals surface area (Å²) in [6, 6.07) is 5.33. The number of nitrogens with one attached hydrogen (secondary N) is 1. The zero-order chi connectivity index (χ0) is 28.2. The van der Waals surface area contributed by atoms with E-state index in [1.807, 2.05) is 16.9 Å². The molecule has 0 amide bonds. The fourth-order valence-corrected chi connectivity index (χ4v) is 5.96. The number of carbonyl (C=O) groups excluding carboxylic acids is 1. The first-order valence-electron chi connectivity index (χ1n) is 13.7. The minimum absolute atomic E-state index is 0.142. The summed E-state index contributed by atoms with van der Waals surface area (Å²) in [6.45, 7) is 3.33. The highest BCUT2D eigenvalue weighted by molar-refractivity contribution is 5.92. The predicted molar refractivity (Wildman–Crippen MR) is 154 cm³/mol. The van der Waals surface area contributed by atoms with Crippen LogP contribution in [0.15, 0.2) is 52.6 Å². The third-order valence-corrected chi connectivity index (χ3v) is 8.05. The number of carbonyl (C=O) groups is 1. The highest BCUT2D eigenvalue weighted by Crippen LogP contribution is 2.29. The molecule has 0 bridgehead atoms. The van der Waals surface area contributed by atoms with E-state index in [0.29, 0.717) is 34.3 Å². The van der Waals surface area contributed by atoms with Gasteiger partial charge in [0.1, 0.15) is 5.69 Å². The lowest BCUT2D eigenvalue weighted by molar-refractivity contribution is 0.112.